The van der Waals surface area contributed by atoms with Crippen LogP contribution in [-0.4, -0.2) is 29.4 Å². The molecule has 19 heavy (non-hydrogen) atoms. The fourth-order valence-corrected chi connectivity index (χ4v) is 2.77. The van der Waals surface area contributed by atoms with Crippen LogP contribution in [0.3, 0.4) is 0 Å². The molecule has 1 saturated carbocycles. The highest BCUT2D eigenvalue weighted by Crippen LogP contribution is 2.52. The summed E-state index contributed by atoms with van der Waals surface area (Å²) in [6.07, 6.45) is 0. The summed E-state index contributed by atoms with van der Waals surface area (Å²) in [5.41, 5.74) is -0.334. The van der Waals surface area contributed by atoms with Gasteiger partial charge in [0.1, 0.15) is 0 Å². The first-order valence-corrected chi connectivity index (χ1v) is 6.49. The third-order valence-corrected chi connectivity index (χ3v) is 4.55. The molecule has 0 heterocycles. The third kappa shape index (κ3) is 2.24. The highest BCUT2D eigenvalue weighted by atomic mass is 35.5. The Bertz CT molecular complexity index is 561. The molecule has 2 rings (SSSR count). The molecule has 0 saturated heterocycles. The maximum atomic E-state index is 12.4. The molecule has 2 N–H and O–H groups in total. The van der Waals surface area contributed by atoms with Crippen molar-refractivity contribution in [3.63, 3.8) is 0 Å². The molecule has 1 aromatic rings. The van der Waals surface area contributed by atoms with Gasteiger partial charge in [0.2, 0.25) is 0 Å². The van der Waals surface area contributed by atoms with Crippen LogP contribution in [0.4, 0.5) is 0 Å². The molecule has 6 heteroatoms. The minimum atomic E-state index is -0.977. The molecule has 0 amide bonds. The Balaban J connectivity index is 2.30. The van der Waals surface area contributed by atoms with Gasteiger partial charge < -0.3 is 10.4 Å². The molecule has 0 spiro atoms. The maximum absolute atomic E-state index is 12.4. The first-order valence-electron chi connectivity index (χ1n) is 5.74. The van der Waals surface area contributed by atoms with Crippen molar-refractivity contribution < 1.29 is 14.7 Å². The zero-order valence-electron chi connectivity index (χ0n) is 10.4. The van der Waals surface area contributed by atoms with Gasteiger partial charge >= 0.3 is 5.97 Å². The quantitative estimate of drug-likeness (QED) is 0.839. The Morgan fingerprint density at radius 3 is 2.32 bits per heavy atom. The van der Waals surface area contributed by atoms with Crippen molar-refractivity contribution in [2.75, 3.05) is 7.05 Å². The number of carboxylic acids is 1. The molecular weight excluding hydrogens is 289 g/mol. The number of aliphatic carboxylic acids is 1. The fraction of sp³-hybridized carbons (Fsp3) is 0.385. The second-order valence-corrected chi connectivity index (χ2v) is 5.63. The molecule has 4 nitrogen and oxygen atoms in total. The van der Waals surface area contributed by atoms with E-state index in [1.807, 2.05) is 0 Å². The number of carboxylic acid groups (broad SMARTS) is 1. The lowest BCUT2D eigenvalue weighted by atomic mass is 10.0. The molecule has 102 valence electrons. The van der Waals surface area contributed by atoms with Crippen LogP contribution in [0.1, 0.15) is 17.3 Å². The van der Waals surface area contributed by atoms with E-state index in [2.05, 4.69) is 5.32 Å². The van der Waals surface area contributed by atoms with E-state index in [0.717, 1.165) is 0 Å². The van der Waals surface area contributed by atoms with Gasteiger partial charge in [-0.2, -0.15) is 0 Å². The van der Waals surface area contributed by atoms with E-state index in [-0.39, 0.29) is 10.8 Å². The Kier molecular flexibility index (Phi) is 3.60. The largest absolute Gasteiger partial charge is 0.481 e. The molecule has 3 atom stereocenters. The van der Waals surface area contributed by atoms with Crippen molar-refractivity contribution in [1.29, 1.82) is 0 Å². The summed E-state index contributed by atoms with van der Waals surface area (Å²) in [5.74, 6) is -2.52. The molecule has 3 unspecified atom stereocenters. The second kappa shape index (κ2) is 4.78. The van der Waals surface area contributed by atoms with Crippen molar-refractivity contribution in [1.82, 2.24) is 5.32 Å². The summed E-state index contributed by atoms with van der Waals surface area (Å²) in [7, 11) is 1.65. The fourth-order valence-electron chi connectivity index (χ4n) is 2.48. The number of ketones is 1. The number of Topliss-reactive ketones (excluding diaryl/α,β-unsaturated/α-hetero) is 1. The van der Waals surface area contributed by atoms with Gasteiger partial charge in [-0.3, -0.25) is 9.59 Å². The van der Waals surface area contributed by atoms with Crippen molar-refractivity contribution in [2.24, 2.45) is 11.8 Å². The van der Waals surface area contributed by atoms with Crippen molar-refractivity contribution >= 4 is 35.0 Å². The highest BCUT2D eigenvalue weighted by molar-refractivity contribution is 6.42. The number of carbonyl (C=O) groups is 2. The number of hydrogen-bond donors (Lipinski definition) is 2. The highest BCUT2D eigenvalue weighted by Gasteiger charge is 2.68. The van der Waals surface area contributed by atoms with Crippen LogP contribution in [0.15, 0.2) is 18.2 Å². The molecule has 0 bridgehead atoms. The number of nitrogens with one attached hydrogen (secondary N) is 1. The first kappa shape index (κ1) is 14.3. The molecule has 0 aromatic heterocycles. The van der Waals surface area contributed by atoms with Gasteiger partial charge in [0.05, 0.1) is 21.9 Å². The predicted molar refractivity (Wildman–Crippen MR) is 72.9 cm³/mol. The Morgan fingerprint density at radius 1 is 1.26 bits per heavy atom. The van der Waals surface area contributed by atoms with Gasteiger partial charge in [0.25, 0.3) is 0 Å². The minimum Gasteiger partial charge on any atom is -0.481 e. The number of carbonyl (C=O) groups excluding carboxylic acids is 1. The van der Waals surface area contributed by atoms with Gasteiger partial charge in [-0.15, -0.1) is 0 Å². The minimum absolute atomic E-state index is 0.234. The topological polar surface area (TPSA) is 66.4 Å². The molecular formula is C13H13Cl2NO3. The number of benzene rings is 1. The zero-order valence-corrected chi connectivity index (χ0v) is 11.9. The van der Waals surface area contributed by atoms with Crippen LogP contribution in [0.2, 0.25) is 10.0 Å². The summed E-state index contributed by atoms with van der Waals surface area (Å²) < 4.78 is 0. The van der Waals surface area contributed by atoms with Gasteiger partial charge in [-0.05, 0) is 32.2 Å². The molecule has 1 fully saturated rings. The van der Waals surface area contributed by atoms with E-state index in [4.69, 9.17) is 28.3 Å². The van der Waals surface area contributed by atoms with Crippen LogP contribution in [0.25, 0.3) is 0 Å². The molecule has 1 aliphatic carbocycles. The molecule has 1 aliphatic rings. The Morgan fingerprint density at radius 2 is 1.89 bits per heavy atom. The normalized spacial score (nSPS) is 29.1. The van der Waals surface area contributed by atoms with Gasteiger partial charge in [-0.1, -0.05) is 23.2 Å². The maximum Gasteiger partial charge on any atom is 0.309 e. The van der Waals surface area contributed by atoms with E-state index in [0.29, 0.717) is 10.6 Å². The predicted octanol–water partition coefficient (Wildman–Crippen LogP) is 2.48. The van der Waals surface area contributed by atoms with Crippen LogP contribution < -0.4 is 5.32 Å². The van der Waals surface area contributed by atoms with E-state index in [1.165, 1.54) is 12.1 Å². The summed E-state index contributed by atoms with van der Waals surface area (Å²) in [5, 5.41) is 12.7. The zero-order chi connectivity index (χ0) is 14.4. The van der Waals surface area contributed by atoms with E-state index in [1.54, 1.807) is 20.0 Å². The molecule has 0 radical (unpaired) electrons. The lowest BCUT2D eigenvalue weighted by molar-refractivity contribution is -0.139. The van der Waals surface area contributed by atoms with Crippen LogP contribution in [0, 0.1) is 11.8 Å². The average Bonchev–Trinajstić information content (AvgIpc) is 2.99. The van der Waals surface area contributed by atoms with Crippen LogP contribution in [0.5, 0.6) is 0 Å². The standard InChI is InChI=1S/C13H13Cl2NO3/c1-13(16-2)9(10(13)12(18)19)11(17)6-3-4-7(14)8(15)5-6/h3-5,9-10,16H,1-2H3,(H,18,19). The summed E-state index contributed by atoms with van der Waals surface area (Å²) in [4.78, 5) is 23.5. The van der Waals surface area contributed by atoms with Crippen molar-refractivity contribution in [3.8, 4) is 0 Å². The van der Waals surface area contributed by atoms with Crippen LogP contribution in [-0.2, 0) is 4.79 Å². The first-order chi connectivity index (χ1) is 8.82. The smallest absolute Gasteiger partial charge is 0.309 e. The number of halogens is 2. The van der Waals surface area contributed by atoms with E-state index < -0.39 is 23.3 Å². The second-order valence-electron chi connectivity index (χ2n) is 4.82. The Hall–Kier alpha value is -1.10. The Labute approximate surface area is 120 Å². The number of rotatable bonds is 4. The molecule has 0 aliphatic heterocycles. The lowest BCUT2D eigenvalue weighted by Gasteiger charge is -2.09. The van der Waals surface area contributed by atoms with Crippen molar-refractivity contribution in [2.45, 2.75) is 12.5 Å². The summed E-state index contributed by atoms with van der Waals surface area (Å²) >= 11 is 11.7. The van der Waals surface area contributed by atoms with E-state index in [9.17, 15) is 9.59 Å². The van der Waals surface area contributed by atoms with Crippen LogP contribution >= 0.6 is 23.2 Å². The van der Waals surface area contributed by atoms with Gasteiger partial charge in [-0.25, -0.2) is 0 Å². The summed E-state index contributed by atoms with van der Waals surface area (Å²) in [6.45, 7) is 1.73. The number of hydrogen-bond acceptors (Lipinski definition) is 3. The monoisotopic (exact) mass is 301 g/mol. The van der Waals surface area contributed by atoms with E-state index >= 15 is 0 Å². The molecule has 1 aromatic carbocycles. The third-order valence-electron chi connectivity index (χ3n) is 3.81. The van der Waals surface area contributed by atoms with Crippen molar-refractivity contribution in [3.05, 3.63) is 33.8 Å². The van der Waals surface area contributed by atoms with Gasteiger partial charge in [0.15, 0.2) is 5.78 Å². The van der Waals surface area contributed by atoms with Gasteiger partial charge in [0, 0.05) is 11.1 Å². The average molecular weight is 302 g/mol. The SMILES string of the molecule is CNC1(C)C(C(=O)O)C1C(=O)c1ccc(Cl)c(Cl)c1. The summed E-state index contributed by atoms with van der Waals surface area (Å²) in [6, 6.07) is 4.56. The lowest BCUT2D eigenvalue weighted by Crippen LogP contribution is -2.30.